The number of rotatable bonds is 11. The van der Waals surface area contributed by atoms with Gasteiger partial charge >= 0.3 is 0 Å². The molecule has 6 heteroatoms. The predicted molar refractivity (Wildman–Crippen MR) is 111 cm³/mol. The van der Waals surface area contributed by atoms with Crippen molar-refractivity contribution >= 4 is 17.0 Å². The van der Waals surface area contributed by atoms with Crippen molar-refractivity contribution in [2.24, 2.45) is 5.92 Å². The molecule has 0 aliphatic carbocycles. The zero-order chi connectivity index (χ0) is 19.6. The van der Waals surface area contributed by atoms with Gasteiger partial charge in [0.25, 0.3) is 11.3 Å². The van der Waals surface area contributed by atoms with Gasteiger partial charge in [-0.2, -0.15) is 0 Å². The Morgan fingerprint density at radius 2 is 1.85 bits per heavy atom. The smallest absolute Gasteiger partial charge is 0.259 e. The molecule has 2 atom stereocenters. The molecular formula is C21H29NO4S. The standard InChI is InChI=1S/C21H29NO4S/c1-4-25-20-9-5-6-10-21(20)26-13-7-8-16(2)14-18-12-11-17(3)19(15-18)22-27(23)24/h5-6,9-12,15-16,22H,4,7-8,13-14H2,1-3H3,(H,23,24). The molecule has 0 bridgehead atoms. The first kappa shape index (κ1) is 21.3. The minimum atomic E-state index is -2.05. The lowest BCUT2D eigenvalue weighted by Crippen LogP contribution is -2.07. The Bertz CT molecular complexity index is 751. The van der Waals surface area contributed by atoms with Crippen molar-refractivity contribution in [3.05, 3.63) is 53.6 Å². The van der Waals surface area contributed by atoms with Gasteiger partial charge in [0.1, 0.15) is 0 Å². The van der Waals surface area contributed by atoms with Crippen LogP contribution in [0.2, 0.25) is 0 Å². The Morgan fingerprint density at radius 1 is 1.15 bits per heavy atom. The summed E-state index contributed by atoms with van der Waals surface area (Å²) in [7, 11) is 0. The molecule has 2 unspecified atom stereocenters. The highest BCUT2D eigenvalue weighted by atomic mass is 32.2. The van der Waals surface area contributed by atoms with E-state index >= 15 is 0 Å². The molecule has 0 saturated heterocycles. The van der Waals surface area contributed by atoms with Crippen molar-refractivity contribution in [2.75, 3.05) is 17.9 Å². The normalized spacial score (nSPS) is 13.0. The van der Waals surface area contributed by atoms with E-state index in [1.807, 2.05) is 50.2 Å². The average Bonchev–Trinajstić information content (AvgIpc) is 2.63. The predicted octanol–water partition coefficient (Wildman–Crippen LogP) is 4.98. The maximum absolute atomic E-state index is 11.0. The summed E-state index contributed by atoms with van der Waals surface area (Å²) in [5.41, 5.74) is 2.82. The lowest BCUT2D eigenvalue weighted by atomic mass is 9.96. The van der Waals surface area contributed by atoms with Crippen LogP contribution in [0.4, 0.5) is 5.69 Å². The minimum absolute atomic E-state index is 0.492. The molecular weight excluding hydrogens is 362 g/mol. The lowest BCUT2D eigenvalue weighted by Gasteiger charge is -2.15. The summed E-state index contributed by atoms with van der Waals surface area (Å²) in [6, 6.07) is 13.7. The number of aryl methyl sites for hydroxylation is 1. The van der Waals surface area contributed by atoms with Crippen molar-refractivity contribution in [3.63, 3.8) is 0 Å². The van der Waals surface area contributed by atoms with E-state index in [9.17, 15) is 4.21 Å². The van der Waals surface area contributed by atoms with Crippen molar-refractivity contribution in [1.29, 1.82) is 0 Å². The van der Waals surface area contributed by atoms with Crippen molar-refractivity contribution in [2.45, 2.75) is 40.0 Å². The molecule has 0 aromatic heterocycles. The van der Waals surface area contributed by atoms with Gasteiger partial charge in [0, 0.05) is 0 Å². The van der Waals surface area contributed by atoms with E-state index in [1.165, 1.54) is 0 Å². The molecule has 0 amide bonds. The molecule has 148 valence electrons. The monoisotopic (exact) mass is 391 g/mol. The van der Waals surface area contributed by atoms with E-state index in [-0.39, 0.29) is 0 Å². The fraction of sp³-hybridized carbons (Fsp3) is 0.429. The average molecular weight is 392 g/mol. The van der Waals surface area contributed by atoms with Gasteiger partial charge in [0.2, 0.25) is 0 Å². The van der Waals surface area contributed by atoms with Crippen LogP contribution in [0, 0.1) is 12.8 Å². The summed E-state index contributed by atoms with van der Waals surface area (Å²) >= 11 is -2.05. The molecule has 2 aromatic carbocycles. The van der Waals surface area contributed by atoms with E-state index in [0.717, 1.165) is 41.9 Å². The SMILES string of the molecule is CCOc1ccccc1OCCCC(C)Cc1ccc(C)c(NS(=O)O)c1. The highest BCUT2D eigenvalue weighted by molar-refractivity contribution is 7.80. The fourth-order valence-electron chi connectivity index (χ4n) is 2.96. The summed E-state index contributed by atoms with van der Waals surface area (Å²) in [6.45, 7) is 7.36. The van der Waals surface area contributed by atoms with Crippen LogP contribution in [0.25, 0.3) is 0 Å². The summed E-state index contributed by atoms with van der Waals surface area (Å²) < 4.78 is 34.0. The third-order valence-corrected chi connectivity index (χ3v) is 4.73. The second-order valence-corrected chi connectivity index (χ2v) is 7.38. The highest BCUT2D eigenvalue weighted by Gasteiger charge is 2.08. The molecule has 0 radical (unpaired) electrons. The van der Waals surface area contributed by atoms with E-state index in [4.69, 9.17) is 14.0 Å². The number of nitrogens with one attached hydrogen (secondary N) is 1. The Balaban J connectivity index is 1.80. The second-order valence-electron chi connectivity index (χ2n) is 6.68. The van der Waals surface area contributed by atoms with Crippen LogP contribution in [0.3, 0.4) is 0 Å². The van der Waals surface area contributed by atoms with Crippen LogP contribution >= 0.6 is 0 Å². The Kier molecular flexibility index (Phi) is 8.61. The second kappa shape index (κ2) is 10.9. The van der Waals surface area contributed by atoms with Crippen LogP contribution in [-0.4, -0.2) is 22.0 Å². The zero-order valence-corrected chi connectivity index (χ0v) is 17.1. The molecule has 0 saturated carbocycles. The molecule has 0 heterocycles. The van der Waals surface area contributed by atoms with Gasteiger partial charge in [-0.1, -0.05) is 31.2 Å². The minimum Gasteiger partial charge on any atom is -0.490 e. The Hall–Kier alpha value is -2.05. The van der Waals surface area contributed by atoms with Gasteiger partial charge in [-0.3, -0.25) is 9.27 Å². The van der Waals surface area contributed by atoms with E-state index in [2.05, 4.69) is 17.7 Å². The van der Waals surface area contributed by atoms with Crippen LogP contribution in [0.5, 0.6) is 11.5 Å². The van der Waals surface area contributed by atoms with Crippen LogP contribution in [-0.2, 0) is 17.7 Å². The first-order chi connectivity index (χ1) is 13.0. The van der Waals surface area contributed by atoms with Gasteiger partial charge in [-0.15, -0.1) is 0 Å². The first-order valence-electron chi connectivity index (χ1n) is 9.31. The quantitative estimate of drug-likeness (QED) is 0.419. The Morgan fingerprint density at radius 3 is 2.52 bits per heavy atom. The van der Waals surface area contributed by atoms with Crippen molar-refractivity contribution in [3.8, 4) is 11.5 Å². The molecule has 0 spiro atoms. The molecule has 27 heavy (non-hydrogen) atoms. The number of hydrogen-bond acceptors (Lipinski definition) is 3. The van der Waals surface area contributed by atoms with Crippen LogP contribution in [0.15, 0.2) is 42.5 Å². The molecule has 5 nitrogen and oxygen atoms in total. The number of benzene rings is 2. The molecule has 0 aliphatic rings. The molecule has 2 aromatic rings. The molecule has 2 N–H and O–H groups in total. The topological polar surface area (TPSA) is 67.8 Å². The lowest BCUT2D eigenvalue weighted by molar-refractivity contribution is 0.265. The Labute approximate surface area is 164 Å². The van der Waals surface area contributed by atoms with Gasteiger partial charge in [0.05, 0.1) is 18.9 Å². The van der Waals surface area contributed by atoms with Gasteiger partial charge < -0.3 is 9.47 Å². The number of anilines is 1. The van der Waals surface area contributed by atoms with Crippen molar-refractivity contribution < 1.29 is 18.2 Å². The van der Waals surface area contributed by atoms with Gasteiger partial charge in [0.15, 0.2) is 11.5 Å². The van der Waals surface area contributed by atoms with Crippen molar-refractivity contribution in [1.82, 2.24) is 0 Å². The highest BCUT2D eigenvalue weighted by Crippen LogP contribution is 2.27. The summed E-state index contributed by atoms with van der Waals surface area (Å²) in [4.78, 5) is 0. The van der Waals surface area contributed by atoms with Gasteiger partial charge in [-0.25, -0.2) is 4.21 Å². The van der Waals surface area contributed by atoms with E-state index in [1.54, 1.807) is 0 Å². The zero-order valence-electron chi connectivity index (χ0n) is 16.2. The molecule has 0 aliphatic heterocycles. The summed E-state index contributed by atoms with van der Waals surface area (Å²) in [6.07, 6.45) is 2.92. The number of hydrogen-bond donors (Lipinski definition) is 2. The maximum atomic E-state index is 11.0. The van der Waals surface area contributed by atoms with Crippen LogP contribution in [0.1, 0.15) is 37.8 Å². The fourth-order valence-corrected chi connectivity index (χ4v) is 3.37. The van der Waals surface area contributed by atoms with E-state index < -0.39 is 11.3 Å². The molecule has 2 rings (SSSR count). The maximum Gasteiger partial charge on any atom is 0.259 e. The molecule has 0 fully saturated rings. The number of ether oxygens (including phenoxy) is 2. The van der Waals surface area contributed by atoms with Gasteiger partial charge in [-0.05, 0) is 68.4 Å². The first-order valence-corrected chi connectivity index (χ1v) is 10.4. The summed E-state index contributed by atoms with van der Waals surface area (Å²) in [5.74, 6) is 2.07. The number of para-hydroxylation sites is 2. The summed E-state index contributed by atoms with van der Waals surface area (Å²) in [5, 5.41) is 0. The largest absolute Gasteiger partial charge is 0.490 e. The third kappa shape index (κ3) is 7.23. The third-order valence-electron chi connectivity index (χ3n) is 4.33. The van der Waals surface area contributed by atoms with Crippen LogP contribution < -0.4 is 14.2 Å². The van der Waals surface area contributed by atoms with E-state index in [0.29, 0.717) is 24.8 Å².